The fraction of sp³-hybridized carbons (Fsp3) is 0.368. The summed E-state index contributed by atoms with van der Waals surface area (Å²) in [5.41, 5.74) is 4.24. The van der Waals surface area contributed by atoms with E-state index in [1.165, 1.54) is 16.7 Å². The Kier molecular flexibility index (Phi) is 5.03. The van der Waals surface area contributed by atoms with Crippen molar-refractivity contribution >= 4 is 0 Å². The molecule has 0 spiro atoms. The first-order valence-electron chi connectivity index (χ1n) is 7.82. The summed E-state index contributed by atoms with van der Waals surface area (Å²) in [6.45, 7) is 4.89. The molecule has 3 rings (SSSR count). The molecule has 0 unspecified atom stereocenters. The Bertz CT molecular complexity index is 529. The molecule has 0 N–H and O–H groups in total. The van der Waals surface area contributed by atoms with Crippen molar-refractivity contribution in [3.8, 4) is 0 Å². The molecule has 2 aromatic carbocycles. The van der Waals surface area contributed by atoms with Crippen molar-refractivity contribution in [3.63, 3.8) is 0 Å². The third kappa shape index (κ3) is 4.42. The van der Waals surface area contributed by atoms with Gasteiger partial charge in [0.2, 0.25) is 0 Å². The molecule has 0 amide bonds. The molecule has 1 saturated heterocycles. The molecule has 1 aliphatic rings. The molecule has 1 fully saturated rings. The lowest BCUT2D eigenvalue weighted by molar-refractivity contribution is 0.0342. The van der Waals surface area contributed by atoms with Crippen LogP contribution in [0.25, 0.3) is 0 Å². The Hall–Kier alpha value is -1.64. The van der Waals surface area contributed by atoms with Gasteiger partial charge in [-0.2, -0.15) is 0 Å². The molecule has 0 bridgehead atoms. The molecule has 2 aromatic rings. The molecule has 2 heteroatoms. The van der Waals surface area contributed by atoms with Crippen LogP contribution in [0.4, 0.5) is 0 Å². The number of aryl methyl sites for hydroxylation is 2. The van der Waals surface area contributed by atoms with E-state index in [0.717, 1.165) is 45.7 Å². The summed E-state index contributed by atoms with van der Waals surface area (Å²) < 4.78 is 5.39. The van der Waals surface area contributed by atoms with Crippen LogP contribution in [-0.4, -0.2) is 31.2 Å². The largest absolute Gasteiger partial charge is 0.379 e. The van der Waals surface area contributed by atoms with E-state index in [2.05, 4.69) is 59.5 Å². The minimum atomic E-state index is 0.870. The summed E-state index contributed by atoms with van der Waals surface area (Å²) in [6, 6.07) is 19.8. The van der Waals surface area contributed by atoms with Crippen LogP contribution in [0.5, 0.6) is 0 Å². The summed E-state index contributed by atoms with van der Waals surface area (Å²) in [6.07, 6.45) is 2.23. The molecular weight excluding hydrogens is 258 g/mol. The van der Waals surface area contributed by atoms with Crippen LogP contribution in [0, 0.1) is 0 Å². The van der Waals surface area contributed by atoms with Crippen LogP contribution in [0.1, 0.15) is 16.7 Å². The fourth-order valence-corrected chi connectivity index (χ4v) is 2.76. The van der Waals surface area contributed by atoms with Crippen molar-refractivity contribution in [3.05, 3.63) is 71.3 Å². The van der Waals surface area contributed by atoms with Crippen LogP contribution >= 0.6 is 0 Å². The second-order valence-electron chi connectivity index (χ2n) is 5.69. The van der Waals surface area contributed by atoms with Crippen LogP contribution in [0.2, 0.25) is 0 Å². The van der Waals surface area contributed by atoms with Gasteiger partial charge in [0.15, 0.2) is 0 Å². The Labute approximate surface area is 127 Å². The van der Waals surface area contributed by atoms with Crippen molar-refractivity contribution < 1.29 is 4.74 Å². The molecule has 0 atom stereocenters. The van der Waals surface area contributed by atoms with Crippen LogP contribution in [-0.2, 0) is 24.1 Å². The summed E-state index contributed by atoms with van der Waals surface area (Å²) in [7, 11) is 0. The normalized spacial score (nSPS) is 16.0. The van der Waals surface area contributed by atoms with Gasteiger partial charge in [0.25, 0.3) is 0 Å². The topological polar surface area (TPSA) is 12.5 Å². The van der Waals surface area contributed by atoms with Gasteiger partial charge in [-0.15, -0.1) is 0 Å². The Morgan fingerprint density at radius 3 is 1.95 bits per heavy atom. The predicted octanol–water partition coefficient (Wildman–Crippen LogP) is 3.30. The van der Waals surface area contributed by atoms with Gasteiger partial charge in [0, 0.05) is 19.6 Å². The van der Waals surface area contributed by atoms with Crippen LogP contribution in [0.3, 0.4) is 0 Å². The van der Waals surface area contributed by atoms with Crippen molar-refractivity contribution in [1.82, 2.24) is 4.90 Å². The van der Waals surface area contributed by atoms with Gasteiger partial charge in [0.05, 0.1) is 13.2 Å². The maximum Gasteiger partial charge on any atom is 0.0594 e. The van der Waals surface area contributed by atoms with Gasteiger partial charge < -0.3 is 4.74 Å². The molecule has 2 nitrogen and oxygen atoms in total. The Morgan fingerprint density at radius 2 is 1.29 bits per heavy atom. The lowest BCUT2D eigenvalue weighted by atomic mass is 10.0. The number of ether oxygens (including phenoxy) is 1. The van der Waals surface area contributed by atoms with E-state index in [1.54, 1.807) is 0 Å². The maximum absolute atomic E-state index is 5.39. The molecule has 1 heterocycles. The first-order valence-corrected chi connectivity index (χ1v) is 7.82. The molecule has 110 valence electrons. The Balaban J connectivity index is 1.51. The molecular formula is C19H23NO. The molecule has 21 heavy (non-hydrogen) atoms. The zero-order valence-corrected chi connectivity index (χ0v) is 12.5. The highest BCUT2D eigenvalue weighted by Crippen LogP contribution is 2.11. The SMILES string of the molecule is c1ccc(CCc2ccc(CN3CCOCC3)cc2)cc1. The molecule has 0 aromatic heterocycles. The third-order valence-electron chi connectivity index (χ3n) is 4.08. The number of rotatable bonds is 5. The maximum atomic E-state index is 5.39. The predicted molar refractivity (Wildman–Crippen MR) is 86.4 cm³/mol. The van der Waals surface area contributed by atoms with Gasteiger partial charge in [-0.25, -0.2) is 0 Å². The second kappa shape index (κ2) is 7.39. The lowest BCUT2D eigenvalue weighted by Crippen LogP contribution is -2.35. The second-order valence-corrected chi connectivity index (χ2v) is 5.69. The number of hydrogen-bond acceptors (Lipinski definition) is 2. The third-order valence-corrected chi connectivity index (χ3v) is 4.08. The molecule has 1 aliphatic heterocycles. The van der Waals surface area contributed by atoms with Gasteiger partial charge in [-0.1, -0.05) is 54.6 Å². The van der Waals surface area contributed by atoms with Gasteiger partial charge in [-0.3, -0.25) is 4.90 Å². The smallest absolute Gasteiger partial charge is 0.0594 e. The van der Waals surface area contributed by atoms with Crippen molar-refractivity contribution in [2.45, 2.75) is 19.4 Å². The summed E-state index contributed by atoms with van der Waals surface area (Å²) in [4.78, 5) is 2.46. The number of morpholine rings is 1. The van der Waals surface area contributed by atoms with E-state index in [1.807, 2.05) is 0 Å². The summed E-state index contributed by atoms with van der Waals surface area (Å²) in [5.74, 6) is 0. The molecule has 0 radical (unpaired) electrons. The standard InChI is InChI=1S/C19H23NO/c1-2-4-17(5-3-1)6-7-18-8-10-19(11-9-18)16-20-12-14-21-15-13-20/h1-5,8-11H,6-7,12-16H2. The highest BCUT2D eigenvalue weighted by Gasteiger charge is 2.10. The number of hydrogen-bond donors (Lipinski definition) is 0. The van der Waals surface area contributed by atoms with E-state index in [0.29, 0.717) is 0 Å². The monoisotopic (exact) mass is 281 g/mol. The average molecular weight is 281 g/mol. The zero-order valence-electron chi connectivity index (χ0n) is 12.5. The van der Waals surface area contributed by atoms with E-state index in [4.69, 9.17) is 4.74 Å². The highest BCUT2D eigenvalue weighted by atomic mass is 16.5. The van der Waals surface area contributed by atoms with Gasteiger partial charge in [-0.05, 0) is 29.5 Å². The fourth-order valence-electron chi connectivity index (χ4n) is 2.76. The molecule has 0 saturated carbocycles. The average Bonchev–Trinajstić information content (AvgIpc) is 2.56. The van der Waals surface area contributed by atoms with Crippen molar-refractivity contribution in [1.29, 1.82) is 0 Å². The first kappa shape index (κ1) is 14.3. The summed E-state index contributed by atoms with van der Waals surface area (Å²) >= 11 is 0. The van der Waals surface area contributed by atoms with Gasteiger partial charge >= 0.3 is 0 Å². The van der Waals surface area contributed by atoms with E-state index in [-0.39, 0.29) is 0 Å². The van der Waals surface area contributed by atoms with E-state index in [9.17, 15) is 0 Å². The van der Waals surface area contributed by atoms with Crippen LogP contribution < -0.4 is 0 Å². The number of nitrogens with zero attached hydrogens (tertiary/aromatic N) is 1. The van der Waals surface area contributed by atoms with E-state index >= 15 is 0 Å². The quantitative estimate of drug-likeness (QED) is 0.834. The van der Waals surface area contributed by atoms with Gasteiger partial charge in [0.1, 0.15) is 0 Å². The number of benzene rings is 2. The van der Waals surface area contributed by atoms with Crippen molar-refractivity contribution in [2.75, 3.05) is 26.3 Å². The Morgan fingerprint density at radius 1 is 0.714 bits per heavy atom. The molecule has 0 aliphatic carbocycles. The van der Waals surface area contributed by atoms with E-state index < -0.39 is 0 Å². The minimum absolute atomic E-state index is 0.870. The first-order chi connectivity index (χ1) is 10.4. The van der Waals surface area contributed by atoms with Crippen molar-refractivity contribution in [2.24, 2.45) is 0 Å². The zero-order chi connectivity index (χ0) is 14.3. The van der Waals surface area contributed by atoms with Crippen LogP contribution in [0.15, 0.2) is 54.6 Å². The highest BCUT2D eigenvalue weighted by molar-refractivity contribution is 5.24. The minimum Gasteiger partial charge on any atom is -0.379 e. The lowest BCUT2D eigenvalue weighted by Gasteiger charge is -2.26. The summed E-state index contributed by atoms with van der Waals surface area (Å²) in [5, 5.41) is 0.